The van der Waals surface area contributed by atoms with Crippen molar-refractivity contribution in [1.29, 1.82) is 0 Å². The van der Waals surface area contributed by atoms with Gasteiger partial charge in [-0.3, -0.25) is 4.99 Å². The largest absolute Gasteiger partial charge is 0.497 e. The second-order valence-electron chi connectivity index (χ2n) is 5.57. The standard InChI is InChI=1S/C19H17ClN2O3/c1-12(21-11-13-4-3-5-16(10-13)24-2)17-19(23)25-18(22-17)14-6-8-15(20)9-7-14/h3-10,17H,11H2,1-2H3. The van der Waals surface area contributed by atoms with Crippen LogP contribution in [-0.2, 0) is 16.1 Å². The average molecular weight is 357 g/mol. The van der Waals surface area contributed by atoms with Crippen molar-refractivity contribution in [3.05, 3.63) is 64.7 Å². The Kier molecular flexibility index (Phi) is 5.14. The van der Waals surface area contributed by atoms with Crippen molar-refractivity contribution < 1.29 is 14.3 Å². The number of carbonyl (C=O) groups excluding carboxylic acids is 1. The van der Waals surface area contributed by atoms with Crippen LogP contribution in [0.15, 0.2) is 58.5 Å². The van der Waals surface area contributed by atoms with E-state index < -0.39 is 12.0 Å². The fourth-order valence-corrected chi connectivity index (χ4v) is 2.54. The summed E-state index contributed by atoms with van der Waals surface area (Å²) in [4.78, 5) is 21.0. The Bertz CT molecular complexity index is 844. The van der Waals surface area contributed by atoms with Gasteiger partial charge in [0.25, 0.3) is 0 Å². The number of hydrogen-bond acceptors (Lipinski definition) is 5. The molecule has 25 heavy (non-hydrogen) atoms. The highest BCUT2D eigenvalue weighted by molar-refractivity contribution is 6.30. The minimum atomic E-state index is -0.712. The molecule has 0 saturated heterocycles. The minimum absolute atomic E-state index is 0.294. The van der Waals surface area contributed by atoms with Gasteiger partial charge in [0.1, 0.15) is 5.75 Å². The second-order valence-corrected chi connectivity index (χ2v) is 6.01. The first-order chi connectivity index (χ1) is 12.1. The first-order valence-corrected chi connectivity index (χ1v) is 8.14. The van der Waals surface area contributed by atoms with Gasteiger partial charge in [0, 0.05) is 16.3 Å². The Morgan fingerprint density at radius 2 is 2.04 bits per heavy atom. The van der Waals surface area contributed by atoms with Crippen LogP contribution in [0.4, 0.5) is 0 Å². The summed E-state index contributed by atoms with van der Waals surface area (Å²) in [5.41, 5.74) is 2.31. The SMILES string of the molecule is COc1cccc(CN=C(C)C2N=C(c3ccc(Cl)cc3)OC2=O)c1. The zero-order valence-electron chi connectivity index (χ0n) is 13.9. The number of methoxy groups -OCH3 is 1. The van der Waals surface area contributed by atoms with E-state index in [1.54, 1.807) is 38.3 Å². The molecule has 2 aromatic rings. The van der Waals surface area contributed by atoms with Gasteiger partial charge in [0.15, 0.2) is 6.04 Å². The van der Waals surface area contributed by atoms with Crippen molar-refractivity contribution in [2.24, 2.45) is 9.98 Å². The van der Waals surface area contributed by atoms with Crippen LogP contribution in [0.5, 0.6) is 5.75 Å². The summed E-state index contributed by atoms with van der Waals surface area (Å²) < 4.78 is 10.5. The lowest BCUT2D eigenvalue weighted by Gasteiger charge is -2.05. The van der Waals surface area contributed by atoms with Crippen LogP contribution in [0.25, 0.3) is 0 Å². The molecule has 2 aromatic carbocycles. The van der Waals surface area contributed by atoms with Gasteiger partial charge in [0.05, 0.1) is 13.7 Å². The number of nitrogens with zero attached hydrogens (tertiary/aromatic N) is 2. The van der Waals surface area contributed by atoms with Crippen molar-refractivity contribution in [2.75, 3.05) is 7.11 Å². The molecule has 1 atom stereocenters. The molecule has 128 valence electrons. The molecule has 6 heteroatoms. The third-order valence-electron chi connectivity index (χ3n) is 3.80. The summed E-state index contributed by atoms with van der Waals surface area (Å²) in [7, 11) is 1.62. The maximum absolute atomic E-state index is 12.1. The lowest BCUT2D eigenvalue weighted by Crippen LogP contribution is -2.23. The Morgan fingerprint density at radius 3 is 2.76 bits per heavy atom. The van der Waals surface area contributed by atoms with E-state index in [1.165, 1.54) is 0 Å². The smallest absolute Gasteiger partial charge is 0.343 e. The number of carbonyl (C=O) groups is 1. The highest BCUT2D eigenvalue weighted by Crippen LogP contribution is 2.18. The van der Waals surface area contributed by atoms with E-state index in [4.69, 9.17) is 21.1 Å². The van der Waals surface area contributed by atoms with Gasteiger partial charge in [-0.2, -0.15) is 0 Å². The van der Waals surface area contributed by atoms with E-state index in [-0.39, 0.29) is 0 Å². The van der Waals surface area contributed by atoms with Gasteiger partial charge in [0.2, 0.25) is 5.90 Å². The summed E-state index contributed by atoms with van der Waals surface area (Å²) >= 11 is 5.87. The van der Waals surface area contributed by atoms with Crippen LogP contribution in [0, 0.1) is 0 Å². The molecule has 1 unspecified atom stereocenters. The molecule has 1 heterocycles. The van der Waals surface area contributed by atoms with E-state index in [0.29, 0.717) is 28.7 Å². The maximum atomic E-state index is 12.1. The summed E-state index contributed by atoms with van der Waals surface area (Å²) in [5, 5.41) is 0.612. The van der Waals surface area contributed by atoms with Crippen molar-refractivity contribution in [1.82, 2.24) is 0 Å². The molecule has 1 aliphatic heterocycles. The first-order valence-electron chi connectivity index (χ1n) is 7.76. The lowest BCUT2D eigenvalue weighted by molar-refractivity contribution is -0.133. The number of hydrogen-bond donors (Lipinski definition) is 0. The molecule has 1 aliphatic rings. The van der Waals surface area contributed by atoms with Crippen molar-refractivity contribution >= 4 is 29.2 Å². The monoisotopic (exact) mass is 356 g/mol. The van der Waals surface area contributed by atoms with Crippen LogP contribution in [0.3, 0.4) is 0 Å². The molecular weight excluding hydrogens is 340 g/mol. The van der Waals surface area contributed by atoms with E-state index in [1.807, 2.05) is 24.3 Å². The number of benzene rings is 2. The Labute approximate surface area is 151 Å². The zero-order valence-corrected chi connectivity index (χ0v) is 14.7. The Morgan fingerprint density at radius 1 is 1.28 bits per heavy atom. The van der Waals surface area contributed by atoms with E-state index >= 15 is 0 Å². The maximum Gasteiger partial charge on any atom is 0.343 e. The molecule has 0 bridgehead atoms. The van der Waals surface area contributed by atoms with Crippen molar-refractivity contribution in [3.63, 3.8) is 0 Å². The van der Waals surface area contributed by atoms with Gasteiger partial charge in [-0.25, -0.2) is 9.79 Å². The Hall–Kier alpha value is -2.66. The molecule has 0 aliphatic carbocycles. The predicted molar refractivity (Wildman–Crippen MR) is 97.7 cm³/mol. The molecule has 0 amide bonds. The average Bonchev–Trinajstić information content (AvgIpc) is 3.02. The second kappa shape index (κ2) is 7.49. The van der Waals surface area contributed by atoms with Gasteiger partial charge < -0.3 is 9.47 Å². The molecule has 3 rings (SSSR count). The molecule has 5 nitrogen and oxygen atoms in total. The van der Waals surface area contributed by atoms with Gasteiger partial charge in [-0.15, -0.1) is 0 Å². The number of cyclic esters (lactones) is 1. The summed E-state index contributed by atoms with van der Waals surface area (Å²) in [5.74, 6) is 0.646. The minimum Gasteiger partial charge on any atom is -0.497 e. The van der Waals surface area contributed by atoms with Crippen LogP contribution in [0.2, 0.25) is 5.02 Å². The first kappa shape index (κ1) is 17.2. The van der Waals surface area contributed by atoms with Crippen LogP contribution in [-0.4, -0.2) is 30.7 Å². The molecular formula is C19H17ClN2O3. The van der Waals surface area contributed by atoms with Gasteiger partial charge >= 0.3 is 5.97 Å². The number of esters is 1. The molecule has 0 spiro atoms. The van der Waals surface area contributed by atoms with Crippen LogP contribution < -0.4 is 4.74 Å². The molecule has 0 aromatic heterocycles. The van der Waals surface area contributed by atoms with E-state index in [9.17, 15) is 4.79 Å². The van der Waals surface area contributed by atoms with Gasteiger partial charge in [-0.05, 0) is 48.9 Å². The summed E-state index contributed by atoms with van der Waals surface area (Å²) in [6, 6.07) is 13.9. The molecule has 0 radical (unpaired) electrons. The van der Waals surface area contributed by atoms with Gasteiger partial charge in [-0.1, -0.05) is 23.7 Å². The topological polar surface area (TPSA) is 60.3 Å². The molecule has 0 saturated carbocycles. The summed E-state index contributed by atoms with van der Waals surface area (Å²) in [6.07, 6.45) is 0. The lowest BCUT2D eigenvalue weighted by atomic mass is 10.2. The number of rotatable bonds is 5. The molecule has 0 fully saturated rings. The normalized spacial score (nSPS) is 17.2. The number of ether oxygens (including phenoxy) is 2. The summed E-state index contributed by atoms with van der Waals surface area (Å²) in [6.45, 7) is 2.22. The Balaban J connectivity index is 1.75. The van der Waals surface area contributed by atoms with E-state index in [2.05, 4.69) is 9.98 Å². The predicted octanol–water partition coefficient (Wildman–Crippen LogP) is 3.68. The highest BCUT2D eigenvalue weighted by atomic mass is 35.5. The van der Waals surface area contributed by atoms with E-state index in [0.717, 1.165) is 11.3 Å². The fourth-order valence-electron chi connectivity index (χ4n) is 2.41. The van der Waals surface area contributed by atoms with Crippen LogP contribution >= 0.6 is 11.6 Å². The number of halogens is 1. The van der Waals surface area contributed by atoms with Crippen molar-refractivity contribution in [2.45, 2.75) is 19.5 Å². The quantitative estimate of drug-likeness (QED) is 0.606. The number of aliphatic imine (C=N–C) groups is 2. The third kappa shape index (κ3) is 4.06. The van der Waals surface area contributed by atoms with Crippen molar-refractivity contribution in [3.8, 4) is 5.75 Å². The third-order valence-corrected chi connectivity index (χ3v) is 4.05. The molecule has 0 N–H and O–H groups in total. The zero-order chi connectivity index (χ0) is 17.8. The fraction of sp³-hybridized carbons (Fsp3) is 0.211. The highest BCUT2D eigenvalue weighted by Gasteiger charge is 2.31. The van der Waals surface area contributed by atoms with Crippen LogP contribution in [0.1, 0.15) is 18.1 Å².